The lowest BCUT2D eigenvalue weighted by atomic mass is 9.78. The Bertz CT molecular complexity index is 4130. The van der Waals surface area contributed by atoms with E-state index in [9.17, 15) is 0 Å². The molecule has 0 aliphatic carbocycles. The zero-order chi connectivity index (χ0) is 75.7. The minimum atomic E-state index is -0.587. The number of hydrogen-bond donors (Lipinski definition) is 0. The van der Waals surface area contributed by atoms with Gasteiger partial charge in [-0.2, -0.15) is 0 Å². The molecule has 0 saturated carbocycles. The normalized spacial score (nSPS) is 18.5. The fraction of sp³-hybridized carbons (Fsp3) is 0.600. The second-order valence-corrected chi connectivity index (χ2v) is 40.8. The molecule has 0 spiro atoms. The molecule has 5 aliphatic heterocycles. The summed E-state index contributed by atoms with van der Waals surface area (Å²) >= 11 is 14.2. The molecule has 0 N–H and O–H groups in total. The van der Waals surface area contributed by atoms with E-state index in [0.29, 0.717) is 89.9 Å². The van der Waals surface area contributed by atoms with Crippen LogP contribution in [0.3, 0.4) is 0 Å². The van der Waals surface area contributed by atoms with Gasteiger partial charge in [0.1, 0.15) is 11.4 Å². The molecule has 11 rings (SSSR count). The second-order valence-electron chi connectivity index (χ2n) is 32.8. The molecular formula is C90H123BrN4O5S6. The quantitative estimate of drug-likeness (QED) is 0.0380. The van der Waals surface area contributed by atoms with Gasteiger partial charge in [-0.05, 0) is 176 Å². The van der Waals surface area contributed by atoms with Crippen LogP contribution in [-0.2, 0) is 24.8 Å². The fourth-order valence-electron chi connectivity index (χ4n) is 16.9. The van der Waals surface area contributed by atoms with E-state index in [1.54, 1.807) is 45.3 Å². The molecule has 6 aromatic heterocycles. The molecule has 6 atom stereocenters. The van der Waals surface area contributed by atoms with Gasteiger partial charge in [-0.25, -0.2) is 0 Å². The van der Waals surface area contributed by atoms with Gasteiger partial charge in [0.15, 0.2) is 0 Å². The Morgan fingerprint density at radius 2 is 0.726 bits per heavy atom. The molecular weight excluding hydrogens is 1490 g/mol. The summed E-state index contributed by atoms with van der Waals surface area (Å²) in [6.07, 6.45) is 28.0. The van der Waals surface area contributed by atoms with Crippen molar-refractivity contribution in [3.8, 4) is 35.0 Å². The highest BCUT2D eigenvalue weighted by atomic mass is 79.9. The number of fused-ring (bicyclic) bond motifs is 5. The third kappa shape index (κ3) is 18.1. The van der Waals surface area contributed by atoms with Crippen LogP contribution in [0.25, 0.3) is 52.1 Å². The van der Waals surface area contributed by atoms with Crippen molar-refractivity contribution in [3.05, 3.63) is 117 Å². The van der Waals surface area contributed by atoms with Crippen LogP contribution in [-0.4, -0.2) is 69.4 Å². The lowest BCUT2D eigenvalue weighted by molar-refractivity contribution is -0.124. The number of nitrogens with zero attached hydrogens (tertiary/aromatic N) is 4. The van der Waals surface area contributed by atoms with E-state index < -0.39 is 5.60 Å². The minimum absolute atomic E-state index is 0.0404. The van der Waals surface area contributed by atoms with Crippen molar-refractivity contribution in [2.24, 2.45) is 47.3 Å². The molecule has 9 nitrogen and oxygen atoms in total. The molecule has 0 saturated heterocycles. The van der Waals surface area contributed by atoms with E-state index in [4.69, 9.17) is 4.74 Å². The lowest BCUT2D eigenvalue weighted by Gasteiger charge is -2.39. The first-order chi connectivity index (χ1) is 51.1. The van der Waals surface area contributed by atoms with Gasteiger partial charge in [-0.15, -0.1) is 68.0 Å². The number of hydrogen-bond acceptors (Lipinski definition) is 11. The molecule has 0 aromatic carbocycles. The number of halogens is 1. The van der Waals surface area contributed by atoms with Crippen LogP contribution in [0.2, 0.25) is 0 Å². The van der Waals surface area contributed by atoms with Gasteiger partial charge >= 0.3 is 0 Å². The highest BCUT2D eigenvalue weighted by molar-refractivity contribution is 9.11. The summed E-state index contributed by atoms with van der Waals surface area (Å²) < 4.78 is 8.96. The van der Waals surface area contributed by atoms with Crippen LogP contribution in [0, 0.1) is 54.3 Å². The Labute approximate surface area is 670 Å². The molecule has 0 fully saturated rings. The average Bonchev–Trinajstić information content (AvgIpc) is 1.56. The standard InChI is InChI=1S/C90H123BrN4O5S6/c1-16-24-34-61(20-5)52-92-80(69-39-38-60(15)101-69)76-77(87(92)97)82(93(86(76)96)53-62(21-6)35-25-17-2)71-43-41-68(103-71)74-51-66-85(106-74)84-65(90(100-66,48-46-58(13)32-28-30-56(9)10)49-47-59(14)33-29-31-57(11)12)50-73(105-84)67-40-42-70(102-67)81-78-79(89(99)94(81)54-63(22-7)36-26-18-3)83(72-44-45-75(91)104-72)95(88(78)98)55-64(23-8)37-27-19-4/h38-45,50-51,56-59,61-64H,16-37,46-49,52-55H2,1-15H3. The van der Waals surface area contributed by atoms with Crippen molar-refractivity contribution in [3.63, 3.8) is 0 Å². The van der Waals surface area contributed by atoms with Gasteiger partial charge in [-0.3, -0.25) is 19.2 Å². The fourth-order valence-corrected chi connectivity index (χ4v) is 24.1. The topological polar surface area (TPSA) is 90.5 Å². The molecule has 5 aliphatic rings. The van der Waals surface area contributed by atoms with Crippen LogP contribution in [0.5, 0.6) is 5.75 Å². The molecule has 576 valence electrons. The van der Waals surface area contributed by atoms with Gasteiger partial charge in [0.05, 0.1) is 78.1 Å². The third-order valence-corrected chi connectivity index (χ3v) is 31.3. The van der Waals surface area contributed by atoms with E-state index >= 15 is 19.2 Å². The van der Waals surface area contributed by atoms with Crippen molar-refractivity contribution < 1.29 is 23.9 Å². The van der Waals surface area contributed by atoms with Gasteiger partial charge in [-0.1, -0.05) is 213 Å². The summed E-state index contributed by atoms with van der Waals surface area (Å²) in [5.74, 6) is 4.37. The molecule has 6 aromatic rings. The number of aryl methyl sites for hydroxylation is 1. The van der Waals surface area contributed by atoms with Gasteiger partial charge in [0.2, 0.25) is 0 Å². The lowest BCUT2D eigenvalue weighted by Crippen LogP contribution is -2.36. The molecule has 11 heterocycles. The van der Waals surface area contributed by atoms with Crippen LogP contribution in [0.15, 0.2) is 86.7 Å². The summed E-state index contributed by atoms with van der Waals surface area (Å²) in [5, 5.41) is 0. The van der Waals surface area contributed by atoms with Crippen LogP contribution in [0.1, 0.15) is 294 Å². The minimum Gasteiger partial charge on any atom is -0.481 e. The Kier molecular flexibility index (Phi) is 29.2. The largest absolute Gasteiger partial charge is 0.481 e. The Morgan fingerprint density at radius 1 is 0.377 bits per heavy atom. The third-order valence-electron chi connectivity index (χ3n) is 23.7. The molecule has 6 unspecified atom stereocenters. The summed E-state index contributed by atoms with van der Waals surface area (Å²) in [5.41, 5.74) is 6.14. The number of amides is 4. The van der Waals surface area contributed by atoms with E-state index in [1.165, 1.54) is 53.8 Å². The predicted octanol–water partition coefficient (Wildman–Crippen LogP) is 27.7. The van der Waals surface area contributed by atoms with Crippen LogP contribution < -0.4 is 4.74 Å². The number of carbonyl (C=O) groups excluding carboxylic acids is 4. The molecule has 4 amide bonds. The number of unbranched alkanes of at least 4 members (excludes halogenated alkanes) is 4. The number of thiophene rings is 6. The first-order valence-corrected chi connectivity index (χ1v) is 47.1. The first kappa shape index (κ1) is 82.3. The van der Waals surface area contributed by atoms with Gasteiger partial charge in [0.25, 0.3) is 23.6 Å². The van der Waals surface area contributed by atoms with Crippen LogP contribution in [0.4, 0.5) is 0 Å². The van der Waals surface area contributed by atoms with E-state index in [1.807, 2.05) is 42.3 Å². The predicted molar refractivity (Wildman–Crippen MR) is 460 cm³/mol. The van der Waals surface area contributed by atoms with Crippen molar-refractivity contribution in [1.82, 2.24) is 19.6 Å². The maximum absolute atomic E-state index is 15.8. The average molecular weight is 1610 g/mol. The molecule has 16 heteroatoms. The van der Waals surface area contributed by atoms with Gasteiger partial charge in [0, 0.05) is 62.2 Å². The van der Waals surface area contributed by atoms with Crippen molar-refractivity contribution in [1.29, 1.82) is 0 Å². The molecule has 0 radical (unpaired) electrons. The first-order valence-electron chi connectivity index (χ1n) is 41.4. The Balaban J connectivity index is 1.05. The van der Waals surface area contributed by atoms with Crippen molar-refractivity contribution >= 4 is 130 Å². The SMILES string of the molecule is CCCCC(CC)CN1C(=O)C2=C(c3ccc(-c4cc5c(s4)-c4sc(-c6ccc(C7=C8C(=O)N(CC(CC)CCCC)C(c9ccc(Br)s9)=C8C(=O)N7CC(CC)CCCC)s6)cc4C(CCC(C)CCCC(C)C)(CCC(C)CCCC(C)C)O5)s3)N(CC(CC)CCCC)C(=O)C2=C1c1ccc(C)s1. The maximum atomic E-state index is 15.8. The van der Waals surface area contributed by atoms with Crippen LogP contribution >= 0.6 is 84.0 Å². The zero-order valence-electron chi connectivity index (χ0n) is 66.8. The highest BCUT2D eigenvalue weighted by Crippen LogP contribution is 2.61. The highest BCUT2D eigenvalue weighted by Gasteiger charge is 2.53. The smallest absolute Gasteiger partial charge is 0.261 e. The van der Waals surface area contributed by atoms with E-state index in [2.05, 4.69) is 180 Å². The second kappa shape index (κ2) is 37.6. The van der Waals surface area contributed by atoms with E-state index in [0.717, 1.165) is 205 Å². The zero-order valence-corrected chi connectivity index (χ0v) is 73.2. The summed E-state index contributed by atoms with van der Waals surface area (Å²) in [6, 6.07) is 22.2. The number of carbonyl (C=O) groups is 4. The van der Waals surface area contributed by atoms with Crippen molar-refractivity contribution in [2.75, 3.05) is 26.2 Å². The Hall–Kier alpha value is -4.68. The number of ether oxygens (including phenoxy) is 1. The van der Waals surface area contributed by atoms with Crippen molar-refractivity contribution in [2.45, 2.75) is 276 Å². The monoisotopic (exact) mass is 1610 g/mol. The molecule has 106 heavy (non-hydrogen) atoms. The molecule has 0 bridgehead atoms. The Morgan fingerprint density at radius 3 is 1.08 bits per heavy atom. The van der Waals surface area contributed by atoms with E-state index in [-0.39, 0.29) is 29.5 Å². The van der Waals surface area contributed by atoms with Gasteiger partial charge < -0.3 is 24.3 Å². The maximum Gasteiger partial charge on any atom is 0.261 e. The number of rotatable bonds is 44. The summed E-state index contributed by atoms with van der Waals surface area (Å²) in [4.78, 5) is 83.0. The summed E-state index contributed by atoms with van der Waals surface area (Å²) in [7, 11) is 0. The summed E-state index contributed by atoms with van der Waals surface area (Å²) in [6.45, 7) is 36.7.